The van der Waals surface area contributed by atoms with E-state index in [4.69, 9.17) is 9.72 Å². The highest BCUT2D eigenvalue weighted by Crippen LogP contribution is 2.36. The lowest BCUT2D eigenvalue weighted by atomic mass is 10.1. The lowest BCUT2D eigenvalue weighted by Crippen LogP contribution is -2.40. The molecular formula is C30H38N6O4. The van der Waals surface area contributed by atoms with Gasteiger partial charge in [0.15, 0.2) is 0 Å². The zero-order valence-electron chi connectivity index (χ0n) is 23.3. The molecule has 2 N–H and O–H groups in total. The molecule has 2 atom stereocenters. The molecule has 0 aliphatic carbocycles. The van der Waals surface area contributed by atoms with Crippen LogP contribution in [0.2, 0.25) is 0 Å². The number of ether oxygens (including phenoxy) is 1. The number of carbonyl (C=O) groups excluding carboxylic acids is 2. The van der Waals surface area contributed by atoms with E-state index in [-0.39, 0.29) is 24.0 Å². The highest BCUT2D eigenvalue weighted by molar-refractivity contribution is 6.04. The van der Waals surface area contributed by atoms with Crippen LogP contribution in [-0.2, 0) is 4.79 Å². The Kier molecular flexibility index (Phi) is 8.46. The molecule has 4 heterocycles. The largest absolute Gasteiger partial charge is 0.488 e. The number of aryl methyl sites for hydroxylation is 1. The van der Waals surface area contributed by atoms with Crippen LogP contribution in [0, 0.1) is 6.92 Å². The molecule has 2 saturated heterocycles. The number of anilines is 1. The van der Waals surface area contributed by atoms with E-state index in [1.54, 1.807) is 31.3 Å². The van der Waals surface area contributed by atoms with Crippen LogP contribution < -0.4 is 10.1 Å². The van der Waals surface area contributed by atoms with E-state index >= 15 is 0 Å². The first-order valence-corrected chi connectivity index (χ1v) is 14.1. The minimum Gasteiger partial charge on any atom is -0.488 e. The van der Waals surface area contributed by atoms with Crippen molar-refractivity contribution in [1.29, 1.82) is 0 Å². The molecule has 0 radical (unpaired) electrons. The average molecular weight is 547 g/mol. The average Bonchev–Trinajstić information content (AvgIpc) is 3.14. The third kappa shape index (κ3) is 6.03. The maximum atomic E-state index is 13.3. The summed E-state index contributed by atoms with van der Waals surface area (Å²) < 4.78 is 8.65. The van der Waals surface area contributed by atoms with Crippen molar-refractivity contribution in [3.63, 3.8) is 0 Å². The number of amides is 2. The number of carbonyl (C=O) groups is 2. The predicted octanol–water partition coefficient (Wildman–Crippen LogP) is 3.91. The van der Waals surface area contributed by atoms with Crippen molar-refractivity contribution in [2.24, 2.45) is 0 Å². The van der Waals surface area contributed by atoms with Gasteiger partial charge in [0, 0.05) is 63.4 Å². The number of fused-ring (bicyclic) bond motifs is 1. The second-order valence-electron chi connectivity index (χ2n) is 10.7. The number of pyridine rings is 1. The molecule has 2 aliphatic heterocycles. The Balaban J connectivity index is 1.53. The van der Waals surface area contributed by atoms with Gasteiger partial charge in [-0.2, -0.15) is 0 Å². The van der Waals surface area contributed by atoms with Crippen LogP contribution in [0.4, 0.5) is 5.95 Å². The fraction of sp³-hybridized carbons (Fsp3) is 0.467. The third-order valence-electron chi connectivity index (χ3n) is 7.87. The van der Waals surface area contributed by atoms with Crippen molar-refractivity contribution in [3.05, 3.63) is 60.4 Å². The Morgan fingerprint density at radius 2 is 1.98 bits per heavy atom. The lowest BCUT2D eigenvalue weighted by Gasteiger charge is -2.32. The number of aliphatic hydroxyl groups is 1. The fourth-order valence-corrected chi connectivity index (χ4v) is 5.73. The summed E-state index contributed by atoms with van der Waals surface area (Å²) in [5, 5.41) is 13.7. The second kappa shape index (κ2) is 12.2. The molecule has 2 fully saturated rings. The van der Waals surface area contributed by atoms with Crippen molar-refractivity contribution in [1.82, 2.24) is 24.3 Å². The maximum Gasteiger partial charge on any atom is 0.258 e. The quantitative estimate of drug-likeness (QED) is 0.432. The number of aromatic nitrogens is 3. The highest BCUT2D eigenvalue weighted by Gasteiger charge is 2.29. The number of nitrogens with zero attached hydrogens (tertiary/aromatic N) is 5. The zero-order valence-corrected chi connectivity index (χ0v) is 23.3. The minimum atomic E-state index is -0.754. The standard InChI is InChI=1S/C30H38N6O4/c1-4-27(38)35-15-6-5-8-23(19-35)36-28-25(32-30(36)33-29(39)22-11-14-31-20(2)18-22)9-7-10-26(28)40-24-12-16-34(17-13-24)21(3)37/h4,7,9-11,14,18,23-24,27,38H,1,5-6,8,12-13,15-17,19H2,2-3H3,(H,32,33,39)/t23-,27?/m1/s1. The summed E-state index contributed by atoms with van der Waals surface area (Å²) in [6.07, 6.45) is 6.65. The van der Waals surface area contributed by atoms with Crippen LogP contribution >= 0.6 is 0 Å². The van der Waals surface area contributed by atoms with Gasteiger partial charge in [-0.15, -0.1) is 0 Å². The van der Waals surface area contributed by atoms with Crippen molar-refractivity contribution in [2.75, 3.05) is 31.5 Å². The monoisotopic (exact) mass is 546 g/mol. The molecular weight excluding hydrogens is 508 g/mol. The van der Waals surface area contributed by atoms with Gasteiger partial charge in [0.1, 0.15) is 23.6 Å². The predicted molar refractivity (Wildman–Crippen MR) is 153 cm³/mol. The van der Waals surface area contributed by atoms with Gasteiger partial charge in [-0.3, -0.25) is 24.8 Å². The summed E-state index contributed by atoms with van der Waals surface area (Å²) in [6.45, 7) is 9.89. The van der Waals surface area contributed by atoms with Gasteiger partial charge in [0.25, 0.3) is 5.91 Å². The topological polar surface area (TPSA) is 113 Å². The SMILES string of the molecule is C=CC(O)N1CCCC[C@@H](n2c(NC(=O)c3ccnc(C)c3)nc3cccc(OC4CCN(C(C)=O)CC4)c32)C1. The molecule has 10 heteroatoms. The van der Waals surface area contributed by atoms with E-state index in [1.165, 1.54) is 0 Å². The Labute approximate surface area is 234 Å². The first kappa shape index (κ1) is 27.8. The Hall–Kier alpha value is -3.76. The normalized spacial score (nSPS) is 19.7. The zero-order chi connectivity index (χ0) is 28.2. The van der Waals surface area contributed by atoms with E-state index in [1.807, 2.05) is 34.9 Å². The highest BCUT2D eigenvalue weighted by atomic mass is 16.5. The molecule has 2 aliphatic rings. The Bertz CT molecular complexity index is 1380. The van der Waals surface area contributed by atoms with E-state index < -0.39 is 6.23 Å². The Morgan fingerprint density at radius 1 is 1.18 bits per heavy atom. The molecule has 10 nitrogen and oxygen atoms in total. The van der Waals surface area contributed by atoms with Gasteiger partial charge in [0.2, 0.25) is 11.9 Å². The fourth-order valence-electron chi connectivity index (χ4n) is 5.73. The number of hydrogen-bond acceptors (Lipinski definition) is 7. The van der Waals surface area contributed by atoms with Crippen molar-refractivity contribution >= 4 is 28.8 Å². The minimum absolute atomic E-state index is 0.0318. The molecule has 2 amide bonds. The maximum absolute atomic E-state index is 13.3. The van der Waals surface area contributed by atoms with E-state index in [0.717, 1.165) is 55.4 Å². The first-order valence-electron chi connectivity index (χ1n) is 14.1. The second-order valence-corrected chi connectivity index (χ2v) is 10.7. The number of aliphatic hydroxyl groups excluding tert-OH is 1. The van der Waals surface area contributed by atoms with Crippen molar-refractivity contribution in [3.8, 4) is 5.75 Å². The molecule has 0 saturated carbocycles. The van der Waals surface area contributed by atoms with E-state index in [2.05, 4.69) is 21.4 Å². The van der Waals surface area contributed by atoms with Gasteiger partial charge in [-0.25, -0.2) is 4.98 Å². The van der Waals surface area contributed by atoms with Crippen LogP contribution in [-0.4, -0.2) is 79.8 Å². The summed E-state index contributed by atoms with van der Waals surface area (Å²) in [6, 6.07) is 9.15. The lowest BCUT2D eigenvalue weighted by molar-refractivity contribution is -0.130. The van der Waals surface area contributed by atoms with Crippen LogP contribution in [0.25, 0.3) is 11.0 Å². The summed E-state index contributed by atoms with van der Waals surface area (Å²) in [4.78, 5) is 38.1. The number of rotatable bonds is 7. The number of benzene rings is 1. The van der Waals surface area contributed by atoms with E-state index in [9.17, 15) is 14.7 Å². The van der Waals surface area contributed by atoms with Crippen LogP contribution in [0.15, 0.2) is 49.2 Å². The van der Waals surface area contributed by atoms with Gasteiger partial charge in [-0.05, 0) is 50.1 Å². The Morgan fingerprint density at radius 3 is 2.70 bits per heavy atom. The molecule has 2 aromatic heterocycles. The molecule has 40 heavy (non-hydrogen) atoms. The molecule has 212 valence electrons. The molecule has 3 aromatic rings. The van der Waals surface area contributed by atoms with Crippen LogP contribution in [0.1, 0.15) is 61.1 Å². The number of likely N-dealkylation sites (tertiary alicyclic amines) is 2. The van der Waals surface area contributed by atoms with E-state index in [0.29, 0.717) is 36.9 Å². The smallest absolute Gasteiger partial charge is 0.258 e. The number of imidazole rings is 1. The third-order valence-corrected chi connectivity index (χ3v) is 7.87. The van der Waals surface area contributed by atoms with Crippen LogP contribution in [0.3, 0.4) is 0 Å². The van der Waals surface area contributed by atoms with Gasteiger partial charge < -0.3 is 19.3 Å². The molecule has 1 aromatic carbocycles. The molecule has 5 rings (SSSR count). The van der Waals surface area contributed by atoms with Crippen LogP contribution in [0.5, 0.6) is 5.75 Å². The van der Waals surface area contributed by atoms with Gasteiger partial charge >= 0.3 is 0 Å². The molecule has 1 unspecified atom stereocenters. The van der Waals surface area contributed by atoms with Crippen molar-refractivity contribution < 1.29 is 19.4 Å². The molecule has 0 bridgehead atoms. The molecule has 0 spiro atoms. The summed E-state index contributed by atoms with van der Waals surface area (Å²) in [5.41, 5.74) is 2.80. The van der Waals surface area contributed by atoms with Gasteiger partial charge in [0.05, 0.1) is 11.6 Å². The number of nitrogens with one attached hydrogen (secondary N) is 1. The number of piperidine rings is 1. The van der Waals surface area contributed by atoms with Gasteiger partial charge in [-0.1, -0.05) is 19.1 Å². The number of para-hydroxylation sites is 1. The summed E-state index contributed by atoms with van der Waals surface area (Å²) in [7, 11) is 0. The summed E-state index contributed by atoms with van der Waals surface area (Å²) >= 11 is 0. The summed E-state index contributed by atoms with van der Waals surface area (Å²) in [5.74, 6) is 0.962. The van der Waals surface area contributed by atoms with Crippen molar-refractivity contribution in [2.45, 2.75) is 64.3 Å². The number of hydrogen-bond donors (Lipinski definition) is 2. The first-order chi connectivity index (χ1) is 19.3.